The number of H-pyrrole nitrogens is 1. The van der Waals surface area contributed by atoms with Gasteiger partial charge in [0.2, 0.25) is 0 Å². The minimum absolute atomic E-state index is 0.550. The molecule has 1 N–H and O–H groups in total. The second-order valence-corrected chi connectivity index (χ2v) is 8.92. The number of tetrazole rings is 1. The van der Waals surface area contributed by atoms with E-state index in [1.165, 1.54) is 10.9 Å². The first-order valence-electron chi connectivity index (χ1n) is 11.5. The highest BCUT2D eigenvalue weighted by atomic mass is 35.5. The molecule has 0 spiro atoms. The van der Waals surface area contributed by atoms with Crippen LogP contribution in [0, 0.1) is 0 Å². The van der Waals surface area contributed by atoms with E-state index in [-0.39, 0.29) is 0 Å². The summed E-state index contributed by atoms with van der Waals surface area (Å²) in [6, 6.07) is 26.8. The quantitative estimate of drug-likeness (QED) is 0.281. The molecule has 0 atom stereocenters. The number of halogens is 1. The number of rotatable bonds is 6. The van der Waals surface area contributed by atoms with Crippen molar-refractivity contribution in [3.8, 4) is 0 Å². The molecule has 3 heterocycles. The maximum Gasteiger partial charge on any atom is 0.197 e. The van der Waals surface area contributed by atoms with Crippen LogP contribution in [-0.4, -0.2) is 30.2 Å². The zero-order valence-corrected chi connectivity index (χ0v) is 20.0. The van der Waals surface area contributed by atoms with Crippen LogP contribution in [-0.2, 0) is 6.54 Å². The molecule has 0 saturated carbocycles. The molecule has 174 valence electrons. The van der Waals surface area contributed by atoms with Gasteiger partial charge in [-0.05, 0) is 70.5 Å². The molecule has 0 saturated heterocycles. The summed E-state index contributed by atoms with van der Waals surface area (Å²) in [7, 11) is 0. The summed E-state index contributed by atoms with van der Waals surface area (Å²) in [5.74, 6) is 0.550. The van der Waals surface area contributed by atoms with Crippen LogP contribution in [0.15, 0.2) is 85.1 Å². The summed E-state index contributed by atoms with van der Waals surface area (Å²) < 4.78 is 2.27. The number of para-hydroxylation sites is 1. The summed E-state index contributed by atoms with van der Waals surface area (Å²) in [5, 5.41) is 17.0. The average molecular weight is 489 g/mol. The lowest BCUT2D eigenvalue weighted by molar-refractivity contribution is 0.836. The Morgan fingerprint density at radius 1 is 0.833 bits per heavy atom. The van der Waals surface area contributed by atoms with Gasteiger partial charge < -0.3 is 4.57 Å². The van der Waals surface area contributed by atoms with E-state index in [9.17, 15) is 0 Å². The molecule has 7 heteroatoms. The molecule has 36 heavy (non-hydrogen) atoms. The van der Waals surface area contributed by atoms with Crippen molar-refractivity contribution in [2.45, 2.75) is 6.54 Å². The summed E-state index contributed by atoms with van der Waals surface area (Å²) in [6.45, 7) is 0.755. The first-order chi connectivity index (χ1) is 17.7. The fourth-order valence-electron chi connectivity index (χ4n) is 4.33. The Bertz CT molecular complexity index is 1730. The van der Waals surface area contributed by atoms with E-state index in [4.69, 9.17) is 16.6 Å². The number of nitrogens with one attached hydrogen (secondary N) is 1. The zero-order valence-electron chi connectivity index (χ0n) is 19.2. The van der Waals surface area contributed by atoms with Gasteiger partial charge in [0.25, 0.3) is 0 Å². The number of hydrogen-bond acceptors (Lipinski definition) is 4. The maximum atomic E-state index is 6.13. The highest BCUT2D eigenvalue weighted by Crippen LogP contribution is 2.24. The molecule has 3 aromatic heterocycles. The van der Waals surface area contributed by atoms with E-state index < -0.39 is 0 Å². The summed E-state index contributed by atoms with van der Waals surface area (Å²) in [5.41, 5.74) is 6.38. The molecule has 0 fully saturated rings. The Morgan fingerprint density at radius 2 is 1.75 bits per heavy atom. The predicted octanol–water partition coefficient (Wildman–Crippen LogP) is 6.75. The van der Waals surface area contributed by atoms with Crippen LogP contribution in [0.2, 0.25) is 5.02 Å². The zero-order chi connectivity index (χ0) is 24.3. The number of nitrogens with zero attached hydrogens (tertiary/aromatic N) is 5. The highest BCUT2D eigenvalue weighted by molar-refractivity contribution is 6.31. The van der Waals surface area contributed by atoms with Crippen molar-refractivity contribution in [3.05, 3.63) is 118 Å². The molecule has 6 rings (SSSR count). The Balaban J connectivity index is 1.26. The Hall–Kier alpha value is -4.55. The van der Waals surface area contributed by atoms with Crippen LogP contribution < -0.4 is 0 Å². The van der Waals surface area contributed by atoms with Gasteiger partial charge in [-0.1, -0.05) is 66.2 Å². The van der Waals surface area contributed by atoms with Gasteiger partial charge in [0.1, 0.15) is 0 Å². The molecule has 0 bridgehead atoms. The molecule has 0 aliphatic carbocycles. The molecule has 0 unspecified atom stereocenters. The van der Waals surface area contributed by atoms with E-state index >= 15 is 0 Å². The van der Waals surface area contributed by atoms with Crippen molar-refractivity contribution < 1.29 is 0 Å². The lowest BCUT2D eigenvalue weighted by atomic mass is 10.1. The van der Waals surface area contributed by atoms with Crippen molar-refractivity contribution in [1.29, 1.82) is 0 Å². The summed E-state index contributed by atoms with van der Waals surface area (Å²) in [4.78, 5) is 4.72. The van der Waals surface area contributed by atoms with Crippen LogP contribution in [0.1, 0.15) is 28.2 Å². The molecule has 6 nitrogen and oxygen atoms in total. The standard InChI is InChI=1S/C29H21ClN6/c30-25-11-8-22-9-13-26(31-27(22)18-25)12-7-20-3-1-4-21(17-20)19-36-16-15-24-6-2-5-23(29(24)36)10-14-28-32-34-35-33-28/h1-18H,19H2,(H,32,33,34,35)/b12-7+,14-10-. The van der Waals surface area contributed by atoms with Crippen LogP contribution in [0.4, 0.5) is 0 Å². The normalized spacial score (nSPS) is 11.9. The fraction of sp³-hybridized carbons (Fsp3) is 0.0345. The fourth-order valence-corrected chi connectivity index (χ4v) is 4.50. The number of hydrogen-bond donors (Lipinski definition) is 1. The third-order valence-corrected chi connectivity index (χ3v) is 6.25. The van der Waals surface area contributed by atoms with Gasteiger partial charge in [-0.3, -0.25) is 0 Å². The van der Waals surface area contributed by atoms with E-state index in [1.54, 1.807) is 0 Å². The van der Waals surface area contributed by atoms with Crippen molar-refractivity contribution in [3.63, 3.8) is 0 Å². The monoisotopic (exact) mass is 488 g/mol. The summed E-state index contributed by atoms with van der Waals surface area (Å²) in [6.07, 6.45) is 10.1. The molecular formula is C29H21ClN6. The number of fused-ring (bicyclic) bond motifs is 2. The van der Waals surface area contributed by atoms with Crippen LogP contribution in [0.3, 0.4) is 0 Å². The SMILES string of the molecule is Clc1ccc2ccc(/C=C/c3cccc(Cn4ccc5cccc(/C=C\c6nn[nH]n6)c54)c3)nc2c1. The molecule has 0 amide bonds. The smallest absolute Gasteiger partial charge is 0.197 e. The molecule has 6 aromatic rings. The van der Waals surface area contributed by atoms with Crippen LogP contribution >= 0.6 is 11.6 Å². The van der Waals surface area contributed by atoms with Gasteiger partial charge in [-0.2, -0.15) is 5.21 Å². The van der Waals surface area contributed by atoms with E-state index in [1.807, 2.05) is 42.5 Å². The van der Waals surface area contributed by atoms with Gasteiger partial charge in [-0.25, -0.2) is 4.98 Å². The average Bonchev–Trinajstić information content (AvgIpc) is 3.57. The van der Waals surface area contributed by atoms with E-state index in [0.717, 1.165) is 39.8 Å². The van der Waals surface area contributed by atoms with Gasteiger partial charge in [0.05, 0.1) is 16.7 Å². The minimum Gasteiger partial charge on any atom is -0.343 e. The van der Waals surface area contributed by atoms with Gasteiger partial charge in [-0.15, -0.1) is 10.2 Å². The molecular weight excluding hydrogens is 468 g/mol. The first-order valence-corrected chi connectivity index (χ1v) is 11.9. The first kappa shape index (κ1) is 21.9. The lowest BCUT2D eigenvalue weighted by Gasteiger charge is -2.09. The number of aromatic nitrogens is 6. The molecule has 0 aliphatic rings. The largest absolute Gasteiger partial charge is 0.343 e. The maximum absolute atomic E-state index is 6.13. The van der Waals surface area contributed by atoms with Crippen molar-refractivity contribution in [1.82, 2.24) is 30.2 Å². The predicted molar refractivity (Wildman–Crippen MR) is 146 cm³/mol. The lowest BCUT2D eigenvalue weighted by Crippen LogP contribution is -1.99. The Labute approximate surface area is 212 Å². The summed E-state index contributed by atoms with van der Waals surface area (Å²) >= 11 is 6.13. The number of pyridine rings is 1. The minimum atomic E-state index is 0.550. The van der Waals surface area contributed by atoms with Gasteiger partial charge in [0, 0.05) is 28.5 Å². The second kappa shape index (κ2) is 9.60. The topological polar surface area (TPSA) is 72.3 Å². The molecule has 0 radical (unpaired) electrons. The number of aromatic amines is 1. The van der Waals surface area contributed by atoms with E-state index in [2.05, 4.69) is 92.1 Å². The Kier molecular flexibility index (Phi) is 5.85. The van der Waals surface area contributed by atoms with Gasteiger partial charge in [0.15, 0.2) is 5.82 Å². The van der Waals surface area contributed by atoms with E-state index in [0.29, 0.717) is 10.8 Å². The Morgan fingerprint density at radius 3 is 2.67 bits per heavy atom. The highest BCUT2D eigenvalue weighted by Gasteiger charge is 2.06. The second-order valence-electron chi connectivity index (χ2n) is 8.48. The van der Waals surface area contributed by atoms with Crippen LogP contribution in [0.5, 0.6) is 0 Å². The third-order valence-electron chi connectivity index (χ3n) is 6.02. The van der Waals surface area contributed by atoms with Gasteiger partial charge >= 0.3 is 0 Å². The van der Waals surface area contributed by atoms with Crippen LogP contribution in [0.25, 0.3) is 46.1 Å². The van der Waals surface area contributed by atoms with Crippen molar-refractivity contribution in [2.75, 3.05) is 0 Å². The molecule has 0 aliphatic heterocycles. The molecule has 3 aromatic carbocycles. The van der Waals surface area contributed by atoms with Crippen molar-refractivity contribution >= 4 is 57.7 Å². The number of benzene rings is 3. The van der Waals surface area contributed by atoms with Crippen molar-refractivity contribution in [2.24, 2.45) is 0 Å². The third kappa shape index (κ3) is 4.67.